The Balaban J connectivity index is 2.75. The third-order valence-electron chi connectivity index (χ3n) is 3.18. The van der Waals surface area contributed by atoms with Gasteiger partial charge in [0.25, 0.3) is 0 Å². The van der Waals surface area contributed by atoms with Crippen molar-refractivity contribution in [3.05, 3.63) is 53.6 Å². The normalized spacial score (nSPS) is 10.2. The summed E-state index contributed by atoms with van der Waals surface area (Å²) < 4.78 is 5.42. The molecule has 0 radical (unpaired) electrons. The van der Waals surface area contributed by atoms with Gasteiger partial charge in [-0.25, -0.2) is 0 Å². The molecule has 3 heteroatoms. The van der Waals surface area contributed by atoms with Gasteiger partial charge in [0.05, 0.1) is 7.11 Å². The first kappa shape index (κ1) is 13.1. The van der Waals surface area contributed by atoms with Crippen LogP contribution in [0.15, 0.2) is 42.5 Å². The number of amides is 1. The third kappa shape index (κ3) is 2.45. The van der Waals surface area contributed by atoms with Crippen LogP contribution < -0.4 is 10.5 Å². The number of carbonyl (C=O) groups excluding carboxylic acids is 1. The Labute approximate surface area is 113 Å². The van der Waals surface area contributed by atoms with E-state index >= 15 is 0 Å². The molecule has 0 unspecified atom stereocenters. The molecule has 0 saturated carbocycles. The highest BCUT2D eigenvalue weighted by Gasteiger charge is 2.16. The minimum absolute atomic E-state index is 0.406. The van der Waals surface area contributed by atoms with Gasteiger partial charge < -0.3 is 10.5 Å². The lowest BCUT2D eigenvalue weighted by Crippen LogP contribution is -2.14. The van der Waals surface area contributed by atoms with Gasteiger partial charge in [0.2, 0.25) is 5.91 Å². The van der Waals surface area contributed by atoms with E-state index in [1.54, 1.807) is 19.2 Å². The third-order valence-corrected chi connectivity index (χ3v) is 3.18. The van der Waals surface area contributed by atoms with Crippen LogP contribution in [0.1, 0.15) is 22.8 Å². The van der Waals surface area contributed by atoms with E-state index in [1.807, 2.05) is 37.3 Å². The van der Waals surface area contributed by atoms with E-state index in [1.165, 1.54) is 0 Å². The number of nitrogens with two attached hydrogens (primary N) is 1. The molecule has 0 spiro atoms. The smallest absolute Gasteiger partial charge is 0.249 e. The number of carbonyl (C=O) groups is 1. The minimum Gasteiger partial charge on any atom is -0.496 e. The molecule has 0 aliphatic rings. The van der Waals surface area contributed by atoms with Crippen molar-refractivity contribution in [1.29, 1.82) is 0 Å². The fourth-order valence-corrected chi connectivity index (χ4v) is 2.32. The topological polar surface area (TPSA) is 52.3 Å². The van der Waals surface area contributed by atoms with E-state index in [4.69, 9.17) is 10.5 Å². The molecular formula is C16H17NO2. The fourth-order valence-electron chi connectivity index (χ4n) is 2.32. The van der Waals surface area contributed by atoms with Crippen LogP contribution in [0.2, 0.25) is 0 Å². The molecule has 2 N–H and O–H groups in total. The Morgan fingerprint density at radius 1 is 1.16 bits per heavy atom. The second-order valence-electron chi connectivity index (χ2n) is 4.25. The molecule has 0 aliphatic carbocycles. The number of primary amides is 1. The van der Waals surface area contributed by atoms with Crippen molar-refractivity contribution in [1.82, 2.24) is 0 Å². The van der Waals surface area contributed by atoms with Crippen LogP contribution in [0.4, 0.5) is 0 Å². The van der Waals surface area contributed by atoms with E-state index in [0.717, 1.165) is 28.9 Å². The van der Waals surface area contributed by atoms with Crippen LogP contribution in [0.5, 0.6) is 5.75 Å². The summed E-state index contributed by atoms with van der Waals surface area (Å²) in [5.74, 6) is 0.352. The maximum absolute atomic E-state index is 11.5. The average molecular weight is 255 g/mol. The van der Waals surface area contributed by atoms with Crippen LogP contribution in [0.25, 0.3) is 11.1 Å². The summed E-state index contributed by atoms with van der Waals surface area (Å²) in [6.07, 6.45) is 0.722. The first-order chi connectivity index (χ1) is 9.19. The van der Waals surface area contributed by atoms with Crippen molar-refractivity contribution in [2.75, 3.05) is 7.11 Å². The van der Waals surface area contributed by atoms with Crippen LogP contribution in [-0.2, 0) is 6.42 Å². The molecule has 98 valence electrons. The van der Waals surface area contributed by atoms with E-state index in [9.17, 15) is 4.79 Å². The quantitative estimate of drug-likeness (QED) is 0.913. The predicted octanol–water partition coefficient (Wildman–Crippen LogP) is 3.02. The van der Waals surface area contributed by atoms with Crippen molar-refractivity contribution >= 4 is 5.91 Å². The monoisotopic (exact) mass is 255 g/mol. The van der Waals surface area contributed by atoms with Crippen LogP contribution in [0, 0.1) is 0 Å². The van der Waals surface area contributed by atoms with Crippen LogP contribution >= 0.6 is 0 Å². The van der Waals surface area contributed by atoms with Crippen LogP contribution in [0.3, 0.4) is 0 Å². The molecule has 0 atom stereocenters. The van der Waals surface area contributed by atoms with Gasteiger partial charge >= 0.3 is 0 Å². The molecule has 2 rings (SSSR count). The lowest BCUT2D eigenvalue weighted by atomic mass is 9.92. The molecule has 0 heterocycles. The van der Waals surface area contributed by atoms with Gasteiger partial charge in [-0.2, -0.15) is 0 Å². The molecule has 1 amide bonds. The highest BCUT2D eigenvalue weighted by atomic mass is 16.5. The highest BCUT2D eigenvalue weighted by molar-refractivity contribution is 5.97. The molecule has 2 aromatic rings. The van der Waals surface area contributed by atoms with Crippen molar-refractivity contribution in [2.45, 2.75) is 13.3 Å². The molecule has 0 bridgehead atoms. The Bertz CT molecular complexity index is 591. The van der Waals surface area contributed by atoms with E-state index in [2.05, 4.69) is 0 Å². The molecule has 0 aromatic heterocycles. The maximum Gasteiger partial charge on any atom is 0.249 e. The summed E-state index contributed by atoms with van der Waals surface area (Å²) in [5.41, 5.74) is 8.91. The summed E-state index contributed by atoms with van der Waals surface area (Å²) in [5, 5.41) is 0. The summed E-state index contributed by atoms with van der Waals surface area (Å²) in [7, 11) is 1.63. The summed E-state index contributed by atoms with van der Waals surface area (Å²) in [6, 6.07) is 13.4. The summed E-state index contributed by atoms with van der Waals surface area (Å²) in [6.45, 7) is 2.01. The molecule has 3 nitrogen and oxygen atoms in total. The summed E-state index contributed by atoms with van der Waals surface area (Å²) >= 11 is 0. The predicted molar refractivity (Wildman–Crippen MR) is 76.3 cm³/mol. The highest BCUT2D eigenvalue weighted by Crippen LogP contribution is 2.35. The van der Waals surface area contributed by atoms with Crippen molar-refractivity contribution in [3.63, 3.8) is 0 Å². The fraction of sp³-hybridized carbons (Fsp3) is 0.188. The first-order valence-electron chi connectivity index (χ1n) is 6.24. The number of methoxy groups -OCH3 is 1. The largest absolute Gasteiger partial charge is 0.496 e. The minimum atomic E-state index is -0.406. The standard InChI is InChI=1S/C16H17NO2/c1-3-12-13(16(17)18)9-10-14(19-2)15(12)11-7-5-4-6-8-11/h4-10H,3H2,1-2H3,(H2,17,18). The van der Waals surface area contributed by atoms with Gasteiger partial charge in [-0.05, 0) is 29.7 Å². The Kier molecular flexibility index (Phi) is 3.85. The lowest BCUT2D eigenvalue weighted by molar-refractivity contribution is 0.0999. The Morgan fingerprint density at radius 3 is 2.37 bits per heavy atom. The lowest BCUT2D eigenvalue weighted by Gasteiger charge is -2.16. The van der Waals surface area contributed by atoms with Crippen molar-refractivity contribution in [3.8, 4) is 16.9 Å². The molecule has 0 aliphatic heterocycles. The Hall–Kier alpha value is -2.29. The molecule has 0 saturated heterocycles. The van der Waals surface area contributed by atoms with Crippen molar-refractivity contribution < 1.29 is 9.53 Å². The SMILES string of the molecule is CCc1c(C(N)=O)ccc(OC)c1-c1ccccc1. The molecule has 0 fully saturated rings. The van der Waals surface area contributed by atoms with Gasteiger partial charge in [-0.3, -0.25) is 4.79 Å². The molecule has 19 heavy (non-hydrogen) atoms. The van der Waals surface area contributed by atoms with Gasteiger partial charge in [0.15, 0.2) is 0 Å². The van der Waals surface area contributed by atoms with E-state index < -0.39 is 5.91 Å². The maximum atomic E-state index is 11.5. The number of benzene rings is 2. The summed E-state index contributed by atoms with van der Waals surface area (Å²) in [4.78, 5) is 11.5. The zero-order valence-electron chi connectivity index (χ0n) is 11.1. The van der Waals surface area contributed by atoms with Crippen LogP contribution in [-0.4, -0.2) is 13.0 Å². The molecule has 2 aromatic carbocycles. The molecular weight excluding hydrogens is 238 g/mol. The van der Waals surface area contributed by atoms with Gasteiger partial charge in [-0.15, -0.1) is 0 Å². The number of hydrogen-bond donors (Lipinski definition) is 1. The average Bonchev–Trinajstić information content (AvgIpc) is 2.46. The van der Waals surface area contributed by atoms with E-state index in [-0.39, 0.29) is 0 Å². The second kappa shape index (κ2) is 5.57. The first-order valence-corrected chi connectivity index (χ1v) is 6.24. The zero-order chi connectivity index (χ0) is 13.8. The van der Waals surface area contributed by atoms with Gasteiger partial charge in [0, 0.05) is 11.1 Å². The number of rotatable bonds is 4. The van der Waals surface area contributed by atoms with Gasteiger partial charge in [-0.1, -0.05) is 37.3 Å². The number of hydrogen-bond acceptors (Lipinski definition) is 2. The Morgan fingerprint density at radius 2 is 1.84 bits per heavy atom. The van der Waals surface area contributed by atoms with Crippen molar-refractivity contribution in [2.24, 2.45) is 5.73 Å². The zero-order valence-corrected chi connectivity index (χ0v) is 11.1. The number of ether oxygens (including phenoxy) is 1. The second-order valence-corrected chi connectivity index (χ2v) is 4.25. The van der Waals surface area contributed by atoms with Gasteiger partial charge in [0.1, 0.15) is 5.75 Å². The van der Waals surface area contributed by atoms with E-state index in [0.29, 0.717) is 5.56 Å².